The van der Waals surface area contributed by atoms with Crippen molar-refractivity contribution in [2.24, 2.45) is 7.05 Å². The summed E-state index contributed by atoms with van der Waals surface area (Å²) >= 11 is 3.21. The van der Waals surface area contributed by atoms with E-state index in [9.17, 15) is 4.79 Å². The minimum absolute atomic E-state index is 0.322. The molecule has 1 aromatic carbocycles. The molecule has 3 aromatic heterocycles. The highest BCUT2D eigenvalue weighted by molar-refractivity contribution is 7.98. The third-order valence-electron chi connectivity index (χ3n) is 4.77. The van der Waals surface area contributed by atoms with Gasteiger partial charge in [-0.25, -0.2) is 4.79 Å². The molecule has 0 aliphatic carbocycles. The monoisotopic (exact) mass is 411 g/mol. The maximum atomic E-state index is 12.1. The van der Waals surface area contributed by atoms with Crippen molar-refractivity contribution in [2.75, 3.05) is 0 Å². The van der Waals surface area contributed by atoms with Crippen LogP contribution in [0.5, 0.6) is 0 Å². The summed E-state index contributed by atoms with van der Waals surface area (Å²) in [6, 6.07) is 9.75. The van der Waals surface area contributed by atoms with Gasteiger partial charge in [-0.1, -0.05) is 31.7 Å². The van der Waals surface area contributed by atoms with Crippen LogP contribution in [0, 0.1) is 6.92 Å². The van der Waals surface area contributed by atoms with Crippen LogP contribution in [0.15, 0.2) is 50.1 Å². The predicted molar refractivity (Wildman–Crippen MR) is 115 cm³/mol. The van der Waals surface area contributed by atoms with E-state index < -0.39 is 0 Å². The van der Waals surface area contributed by atoms with Gasteiger partial charge >= 0.3 is 5.63 Å². The second kappa shape index (κ2) is 7.56. The molecule has 0 atom stereocenters. The van der Waals surface area contributed by atoms with Crippen LogP contribution in [0.25, 0.3) is 21.7 Å². The zero-order valence-electron chi connectivity index (χ0n) is 16.2. The Hall–Kier alpha value is -2.38. The molecule has 0 aliphatic heterocycles. The molecule has 144 valence electrons. The fraction of sp³-hybridized carbons (Fsp3) is 0.286. The molecule has 0 saturated carbocycles. The Morgan fingerprint density at radius 3 is 2.79 bits per heavy atom. The Bertz CT molecular complexity index is 1190. The third kappa shape index (κ3) is 3.52. The largest absolute Gasteiger partial charge is 0.423 e. The number of rotatable bonds is 5. The molecule has 0 bridgehead atoms. The van der Waals surface area contributed by atoms with Crippen molar-refractivity contribution in [3.63, 3.8) is 0 Å². The number of nitrogens with zero attached hydrogens (tertiary/aromatic N) is 3. The molecule has 0 unspecified atom stereocenters. The first-order valence-electron chi connectivity index (χ1n) is 9.07. The SMILES string of the molecule is Cc1cc2oc(=O)cc(CSc3nnc(-c4cccs4)n3C)c2cc1C(C)C. The van der Waals surface area contributed by atoms with Crippen LogP contribution in [0.3, 0.4) is 0 Å². The van der Waals surface area contributed by atoms with E-state index >= 15 is 0 Å². The minimum Gasteiger partial charge on any atom is -0.423 e. The highest BCUT2D eigenvalue weighted by Gasteiger charge is 2.15. The Kier molecular flexibility index (Phi) is 5.12. The Balaban J connectivity index is 1.68. The topological polar surface area (TPSA) is 60.9 Å². The van der Waals surface area contributed by atoms with Crippen LogP contribution in [0.2, 0.25) is 0 Å². The van der Waals surface area contributed by atoms with E-state index in [0.29, 0.717) is 17.3 Å². The van der Waals surface area contributed by atoms with E-state index in [1.165, 1.54) is 5.56 Å². The van der Waals surface area contributed by atoms with Gasteiger partial charge in [0.15, 0.2) is 11.0 Å². The van der Waals surface area contributed by atoms with Gasteiger partial charge in [0.2, 0.25) is 0 Å². The second-order valence-electron chi connectivity index (χ2n) is 7.08. The first kappa shape index (κ1) is 19.0. The quantitative estimate of drug-likeness (QED) is 0.326. The van der Waals surface area contributed by atoms with Gasteiger partial charge in [-0.05, 0) is 53.1 Å². The zero-order valence-corrected chi connectivity index (χ0v) is 17.9. The molecular weight excluding hydrogens is 390 g/mol. The van der Waals surface area contributed by atoms with Gasteiger partial charge in [0.25, 0.3) is 0 Å². The summed E-state index contributed by atoms with van der Waals surface area (Å²) in [5.41, 5.74) is 3.69. The van der Waals surface area contributed by atoms with Gasteiger partial charge in [-0.15, -0.1) is 21.5 Å². The van der Waals surface area contributed by atoms with Crippen LogP contribution < -0.4 is 5.63 Å². The van der Waals surface area contributed by atoms with Gasteiger partial charge in [0.05, 0.1) is 4.88 Å². The van der Waals surface area contributed by atoms with Crippen molar-refractivity contribution in [1.82, 2.24) is 14.8 Å². The summed E-state index contributed by atoms with van der Waals surface area (Å²) in [5, 5.41) is 12.5. The first-order chi connectivity index (χ1) is 13.4. The summed E-state index contributed by atoms with van der Waals surface area (Å²) < 4.78 is 7.44. The molecule has 0 saturated heterocycles. The molecule has 0 radical (unpaired) electrons. The van der Waals surface area contributed by atoms with Crippen LogP contribution in [0.4, 0.5) is 0 Å². The molecule has 0 fully saturated rings. The standard InChI is InChI=1S/C21H21N3O2S2/c1-12(2)15-10-16-14(9-19(25)26-17(16)8-13(15)3)11-28-21-23-22-20(24(21)4)18-6-5-7-27-18/h5-10,12H,11H2,1-4H3. The number of thiophene rings is 1. The van der Waals surface area contributed by atoms with E-state index in [0.717, 1.165) is 32.4 Å². The molecule has 0 N–H and O–H groups in total. The average Bonchev–Trinajstić information content (AvgIpc) is 3.28. The summed E-state index contributed by atoms with van der Waals surface area (Å²) in [7, 11) is 1.97. The number of hydrogen-bond donors (Lipinski definition) is 0. The van der Waals surface area contributed by atoms with Gasteiger partial charge in [0, 0.05) is 24.3 Å². The number of hydrogen-bond acceptors (Lipinski definition) is 6. The highest BCUT2D eigenvalue weighted by Crippen LogP contribution is 2.31. The summed E-state index contributed by atoms with van der Waals surface area (Å²) in [5.74, 6) is 1.88. The van der Waals surface area contributed by atoms with E-state index in [1.807, 2.05) is 35.2 Å². The highest BCUT2D eigenvalue weighted by atomic mass is 32.2. The molecule has 28 heavy (non-hydrogen) atoms. The van der Waals surface area contributed by atoms with Crippen molar-refractivity contribution >= 4 is 34.1 Å². The number of fused-ring (bicyclic) bond motifs is 1. The lowest BCUT2D eigenvalue weighted by Gasteiger charge is -2.13. The number of thioether (sulfide) groups is 1. The van der Waals surface area contributed by atoms with Crippen LogP contribution in [-0.4, -0.2) is 14.8 Å². The molecule has 0 spiro atoms. The Morgan fingerprint density at radius 1 is 1.25 bits per heavy atom. The van der Waals surface area contributed by atoms with Gasteiger partial charge in [-0.2, -0.15) is 0 Å². The Morgan fingerprint density at radius 2 is 2.07 bits per heavy atom. The zero-order chi connectivity index (χ0) is 19.8. The molecule has 5 nitrogen and oxygen atoms in total. The van der Waals surface area contributed by atoms with Gasteiger partial charge < -0.3 is 8.98 Å². The van der Waals surface area contributed by atoms with E-state index in [2.05, 4.69) is 37.0 Å². The summed E-state index contributed by atoms with van der Waals surface area (Å²) in [4.78, 5) is 13.2. The lowest BCUT2D eigenvalue weighted by Crippen LogP contribution is -2.02. The first-order valence-corrected chi connectivity index (χ1v) is 10.9. The van der Waals surface area contributed by atoms with Crippen LogP contribution >= 0.6 is 23.1 Å². The van der Waals surface area contributed by atoms with Crippen molar-refractivity contribution in [2.45, 2.75) is 37.6 Å². The molecule has 0 aliphatic rings. The van der Waals surface area contributed by atoms with Crippen LogP contribution in [-0.2, 0) is 12.8 Å². The second-order valence-corrected chi connectivity index (χ2v) is 8.97. The maximum Gasteiger partial charge on any atom is 0.336 e. The predicted octanol–water partition coefficient (Wildman–Crippen LogP) is 5.37. The van der Waals surface area contributed by atoms with E-state index in [-0.39, 0.29) is 5.63 Å². The summed E-state index contributed by atoms with van der Waals surface area (Å²) in [6.45, 7) is 6.41. The van der Waals surface area contributed by atoms with Crippen molar-refractivity contribution in [3.05, 3.63) is 62.8 Å². The maximum absolute atomic E-state index is 12.1. The Labute approximate surface area is 171 Å². The fourth-order valence-electron chi connectivity index (χ4n) is 3.34. The molecule has 3 heterocycles. The molecule has 4 rings (SSSR count). The lowest BCUT2D eigenvalue weighted by molar-refractivity contribution is 0.559. The van der Waals surface area contributed by atoms with E-state index in [1.54, 1.807) is 29.2 Å². The van der Waals surface area contributed by atoms with Crippen LogP contribution in [0.1, 0.15) is 36.5 Å². The van der Waals surface area contributed by atoms with Gasteiger partial charge in [0.1, 0.15) is 5.58 Å². The van der Waals surface area contributed by atoms with Crippen molar-refractivity contribution in [3.8, 4) is 10.7 Å². The number of aryl methyl sites for hydroxylation is 1. The lowest BCUT2D eigenvalue weighted by atomic mass is 9.95. The van der Waals surface area contributed by atoms with Gasteiger partial charge in [-0.3, -0.25) is 0 Å². The average molecular weight is 412 g/mol. The van der Waals surface area contributed by atoms with E-state index in [4.69, 9.17) is 4.42 Å². The smallest absolute Gasteiger partial charge is 0.336 e. The third-order valence-corrected chi connectivity index (χ3v) is 6.71. The summed E-state index contributed by atoms with van der Waals surface area (Å²) in [6.07, 6.45) is 0. The molecule has 0 amide bonds. The normalized spacial score (nSPS) is 11.6. The molecular formula is C21H21N3O2S2. The number of aromatic nitrogens is 3. The molecule has 7 heteroatoms. The molecule has 4 aromatic rings. The van der Waals surface area contributed by atoms with Crippen molar-refractivity contribution < 1.29 is 4.42 Å². The fourth-order valence-corrected chi connectivity index (χ4v) is 4.98. The minimum atomic E-state index is -0.322. The number of benzene rings is 1. The van der Waals surface area contributed by atoms with Crippen molar-refractivity contribution in [1.29, 1.82) is 0 Å².